The lowest BCUT2D eigenvalue weighted by Gasteiger charge is -2.03. The number of thiazole rings is 1. The van der Waals surface area contributed by atoms with E-state index in [1.165, 1.54) is 22.5 Å². The first-order chi connectivity index (χ1) is 12.1. The predicted octanol–water partition coefficient (Wildman–Crippen LogP) is 5.08. The summed E-state index contributed by atoms with van der Waals surface area (Å²) in [6.07, 6.45) is 4.54. The fraction of sp³-hybridized carbons (Fsp3) is 0.143. The Balaban J connectivity index is 1.66. The van der Waals surface area contributed by atoms with E-state index in [0.29, 0.717) is 10.7 Å². The molecule has 1 heterocycles. The van der Waals surface area contributed by atoms with Gasteiger partial charge in [0, 0.05) is 23.1 Å². The summed E-state index contributed by atoms with van der Waals surface area (Å²) in [6, 6.07) is 18.1. The molecule has 0 saturated heterocycles. The molecule has 4 heteroatoms. The van der Waals surface area contributed by atoms with Crippen molar-refractivity contribution in [2.75, 3.05) is 5.32 Å². The molecule has 0 atom stereocenters. The molecule has 0 aliphatic rings. The second-order valence-corrected chi connectivity index (χ2v) is 7.04. The lowest BCUT2D eigenvalue weighted by Crippen LogP contribution is -2.12. The van der Waals surface area contributed by atoms with E-state index in [2.05, 4.69) is 29.4 Å². The molecule has 1 N–H and O–H groups in total. The van der Waals surface area contributed by atoms with Crippen molar-refractivity contribution in [1.82, 2.24) is 4.98 Å². The Labute approximate surface area is 152 Å². The number of carbonyl (C=O) groups excluding carboxylic acids is 1. The van der Waals surface area contributed by atoms with E-state index in [4.69, 9.17) is 0 Å². The molecular formula is C21H20N2OS. The van der Waals surface area contributed by atoms with Crippen molar-refractivity contribution in [2.24, 2.45) is 0 Å². The summed E-state index contributed by atoms with van der Waals surface area (Å²) in [5.41, 5.74) is 4.21. The SMILES string of the molecule is CC(=Cc1ccccc1)C(=O)Nc1ncc(Cc2ccccc2C)s1. The van der Waals surface area contributed by atoms with Crippen molar-refractivity contribution in [3.8, 4) is 0 Å². The summed E-state index contributed by atoms with van der Waals surface area (Å²) >= 11 is 1.52. The van der Waals surface area contributed by atoms with Crippen molar-refractivity contribution in [3.05, 3.63) is 87.9 Å². The molecule has 1 aromatic heterocycles. The minimum absolute atomic E-state index is 0.124. The summed E-state index contributed by atoms with van der Waals surface area (Å²) < 4.78 is 0. The van der Waals surface area contributed by atoms with Gasteiger partial charge in [-0.2, -0.15) is 0 Å². The number of hydrogen-bond acceptors (Lipinski definition) is 3. The molecule has 0 radical (unpaired) electrons. The molecule has 3 nitrogen and oxygen atoms in total. The van der Waals surface area contributed by atoms with Crippen LogP contribution in [0.4, 0.5) is 5.13 Å². The van der Waals surface area contributed by atoms with Gasteiger partial charge in [-0.25, -0.2) is 4.98 Å². The van der Waals surface area contributed by atoms with E-state index in [0.717, 1.165) is 16.9 Å². The van der Waals surface area contributed by atoms with Crippen molar-refractivity contribution >= 4 is 28.5 Å². The van der Waals surface area contributed by atoms with Gasteiger partial charge in [0.2, 0.25) is 0 Å². The van der Waals surface area contributed by atoms with E-state index in [9.17, 15) is 4.79 Å². The van der Waals surface area contributed by atoms with Gasteiger partial charge in [-0.1, -0.05) is 54.6 Å². The molecule has 0 fully saturated rings. The van der Waals surface area contributed by atoms with Gasteiger partial charge in [-0.3, -0.25) is 10.1 Å². The molecule has 0 aliphatic heterocycles. The summed E-state index contributed by atoms with van der Waals surface area (Å²) in [6.45, 7) is 3.92. The first-order valence-corrected chi connectivity index (χ1v) is 8.97. The average molecular weight is 348 g/mol. The van der Waals surface area contributed by atoms with Crippen LogP contribution in [-0.4, -0.2) is 10.9 Å². The van der Waals surface area contributed by atoms with Gasteiger partial charge in [0.15, 0.2) is 5.13 Å². The van der Waals surface area contributed by atoms with Crippen molar-refractivity contribution < 1.29 is 4.79 Å². The van der Waals surface area contributed by atoms with Gasteiger partial charge in [0.1, 0.15) is 0 Å². The molecule has 1 amide bonds. The third-order valence-corrected chi connectivity index (χ3v) is 4.85. The molecule has 0 spiro atoms. The number of benzene rings is 2. The molecule has 3 rings (SSSR count). The Morgan fingerprint density at radius 1 is 1.12 bits per heavy atom. The van der Waals surface area contributed by atoms with Crippen LogP contribution in [0.5, 0.6) is 0 Å². The highest BCUT2D eigenvalue weighted by molar-refractivity contribution is 7.15. The predicted molar refractivity (Wildman–Crippen MR) is 105 cm³/mol. The number of nitrogens with zero attached hydrogens (tertiary/aromatic N) is 1. The summed E-state index contributed by atoms with van der Waals surface area (Å²) in [5.74, 6) is -0.124. The van der Waals surface area contributed by atoms with E-state index in [-0.39, 0.29) is 5.91 Å². The van der Waals surface area contributed by atoms with Crippen LogP contribution in [0.3, 0.4) is 0 Å². The minimum atomic E-state index is -0.124. The van der Waals surface area contributed by atoms with Gasteiger partial charge < -0.3 is 0 Å². The maximum atomic E-state index is 12.3. The fourth-order valence-electron chi connectivity index (χ4n) is 2.50. The Morgan fingerprint density at radius 3 is 2.60 bits per heavy atom. The Kier molecular flexibility index (Phi) is 5.41. The van der Waals surface area contributed by atoms with Gasteiger partial charge in [0.25, 0.3) is 5.91 Å². The second-order valence-electron chi connectivity index (χ2n) is 5.93. The third kappa shape index (κ3) is 4.64. The molecule has 126 valence electrons. The quantitative estimate of drug-likeness (QED) is 0.653. The molecular weight excluding hydrogens is 328 g/mol. The molecule has 0 unspecified atom stereocenters. The van der Waals surface area contributed by atoms with Crippen LogP contribution in [0.25, 0.3) is 6.08 Å². The largest absolute Gasteiger partial charge is 0.298 e. The van der Waals surface area contributed by atoms with Crippen molar-refractivity contribution in [1.29, 1.82) is 0 Å². The van der Waals surface area contributed by atoms with Crippen molar-refractivity contribution in [3.63, 3.8) is 0 Å². The first-order valence-electron chi connectivity index (χ1n) is 8.16. The highest BCUT2D eigenvalue weighted by Gasteiger charge is 2.09. The number of aromatic nitrogens is 1. The standard InChI is InChI=1S/C21H20N2OS/c1-15-8-6-7-11-18(15)13-19-14-22-21(25-19)23-20(24)16(2)12-17-9-4-3-5-10-17/h3-12,14H,13H2,1-2H3,(H,22,23,24). The van der Waals surface area contributed by atoms with E-state index < -0.39 is 0 Å². The smallest absolute Gasteiger partial charge is 0.253 e. The van der Waals surface area contributed by atoms with Gasteiger partial charge in [0.05, 0.1) is 0 Å². The summed E-state index contributed by atoms with van der Waals surface area (Å²) in [7, 11) is 0. The van der Waals surface area contributed by atoms with Crippen LogP contribution in [0.15, 0.2) is 66.4 Å². The van der Waals surface area contributed by atoms with E-state index >= 15 is 0 Å². The normalized spacial score (nSPS) is 11.4. The van der Waals surface area contributed by atoms with Crippen LogP contribution in [0.2, 0.25) is 0 Å². The number of anilines is 1. The number of carbonyl (C=O) groups is 1. The number of rotatable bonds is 5. The zero-order valence-electron chi connectivity index (χ0n) is 14.3. The molecule has 2 aromatic carbocycles. The summed E-state index contributed by atoms with van der Waals surface area (Å²) in [5, 5.41) is 3.52. The fourth-order valence-corrected chi connectivity index (χ4v) is 3.33. The highest BCUT2D eigenvalue weighted by Crippen LogP contribution is 2.23. The lowest BCUT2D eigenvalue weighted by atomic mass is 10.1. The van der Waals surface area contributed by atoms with Crippen LogP contribution in [0, 0.1) is 6.92 Å². The zero-order chi connectivity index (χ0) is 17.6. The number of hydrogen-bond donors (Lipinski definition) is 1. The monoisotopic (exact) mass is 348 g/mol. The molecule has 3 aromatic rings. The molecule has 0 bridgehead atoms. The van der Waals surface area contributed by atoms with Crippen molar-refractivity contribution in [2.45, 2.75) is 20.3 Å². The highest BCUT2D eigenvalue weighted by atomic mass is 32.1. The zero-order valence-corrected chi connectivity index (χ0v) is 15.1. The van der Waals surface area contributed by atoms with Gasteiger partial charge in [-0.05, 0) is 36.6 Å². The summed E-state index contributed by atoms with van der Waals surface area (Å²) in [4.78, 5) is 17.8. The lowest BCUT2D eigenvalue weighted by molar-refractivity contribution is -0.112. The molecule has 0 saturated carbocycles. The number of nitrogens with one attached hydrogen (secondary N) is 1. The van der Waals surface area contributed by atoms with Gasteiger partial charge >= 0.3 is 0 Å². The van der Waals surface area contributed by atoms with E-state index in [1.54, 1.807) is 0 Å². The number of amides is 1. The van der Waals surface area contributed by atoms with Crippen LogP contribution in [-0.2, 0) is 11.2 Å². The number of aryl methyl sites for hydroxylation is 1. The maximum absolute atomic E-state index is 12.3. The Hall–Kier alpha value is -2.72. The maximum Gasteiger partial charge on any atom is 0.253 e. The first kappa shape index (κ1) is 17.1. The van der Waals surface area contributed by atoms with Crippen LogP contribution < -0.4 is 5.32 Å². The third-order valence-electron chi connectivity index (χ3n) is 3.94. The topological polar surface area (TPSA) is 42.0 Å². The molecule has 0 aliphatic carbocycles. The Bertz CT molecular complexity index is 897. The van der Waals surface area contributed by atoms with Crippen LogP contribution >= 0.6 is 11.3 Å². The van der Waals surface area contributed by atoms with Gasteiger partial charge in [-0.15, -0.1) is 11.3 Å². The van der Waals surface area contributed by atoms with E-state index in [1.807, 2.05) is 61.7 Å². The Morgan fingerprint density at radius 2 is 1.84 bits per heavy atom. The molecule has 25 heavy (non-hydrogen) atoms. The van der Waals surface area contributed by atoms with Crippen LogP contribution in [0.1, 0.15) is 28.5 Å². The average Bonchev–Trinajstić information content (AvgIpc) is 3.05. The second kappa shape index (κ2) is 7.90. The minimum Gasteiger partial charge on any atom is -0.298 e.